The molecule has 0 aromatic heterocycles. The van der Waals surface area contributed by atoms with Crippen LogP contribution in [0.3, 0.4) is 0 Å². The minimum atomic E-state index is 0.235. The maximum absolute atomic E-state index is 9.35. The summed E-state index contributed by atoms with van der Waals surface area (Å²) in [6, 6.07) is 8.48. The van der Waals surface area contributed by atoms with Gasteiger partial charge in [-0.3, -0.25) is 0 Å². The molecule has 2 heteroatoms. The van der Waals surface area contributed by atoms with Crippen LogP contribution in [0.4, 0.5) is 5.69 Å². The predicted molar refractivity (Wildman–Crippen MR) is 63.0 cm³/mol. The Labute approximate surface area is 91.3 Å². The molecule has 1 atom stereocenters. The summed E-state index contributed by atoms with van der Waals surface area (Å²) in [5, 5.41) is 12.8. The van der Waals surface area contributed by atoms with Crippen molar-refractivity contribution in [1.29, 1.82) is 0 Å². The number of nitrogens with one attached hydrogen (secondary N) is 1. The van der Waals surface area contributed by atoms with Gasteiger partial charge in [-0.05, 0) is 37.3 Å². The number of para-hydroxylation sites is 1. The standard InChI is InChI=1S/C13H19NO/c1-10-5-2-3-8-12(10)14-13(9-15)11-6-4-7-11/h2-3,5,8,11,13-15H,4,6-7,9H2,1H3. The molecule has 1 aliphatic rings. The molecule has 1 unspecified atom stereocenters. The van der Waals surface area contributed by atoms with E-state index in [4.69, 9.17) is 0 Å². The topological polar surface area (TPSA) is 32.3 Å². The van der Waals surface area contributed by atoms with Crippen LogP contribution in [0.2, 0.25) is 0 Å². The molecule has 2 nitrogen and oxygen atoms in total. The van der Waals surface area contributed by atoms with Crippen LogP contribution in [0, 0.1) is 12.8 Å². The minimum Gasteiger partial charge on any atom is -0.394 e. The number of hydrogen-bond donors (Lipinski definition) is 2. The van der Waals surface area contributed by atoms with Crippen molar-refractivity contribution >= 4 is 5.69 Å². The van der Waals surface area contributed by atoms with Crippen molar-refractivity contribution in [3.63, 3.8) is 0 Å². The molecule has 1 aromatic carbocycles. The number of aliphatic hydroxyl groups is 1. The second-order valence-corrected chi connectivity index (χ2v) is 4.44. The van der Waals surface area contributed by atoms with E-state index in [0.29, 0.717) is 5.92 Å². The maximum Gasteiger partial charge on any atom is 0.0635 e. The molecule has 2 rings (SSSR count). The third kappa shape index (κ3) is 2.32. The maximum atomic E-state index is 9.35. The van der Waals surface area contributed by atoms with Crippen LogP contribution in [0.25, 0.3) is 0 Å². The smallest absolute Gasteiger partial charge is 0.0635 e. The van der Waals surface area contributed by atoms with Gasteiger partial charge in [-0.25, -0.2) is 0 Å². The largest absolute Gasteiger partial charge is 0.394 e. The molecule has 1 saturated carbocycles. The van der Waals surface area contributed by atoms with E-state index in [-0.39, 0.29) is 12.6 Å². The highest BCUT2D eigenvalue weighted by molar-refractivity contribution is 5.51. The van der Waals surface area contributed by atoms with Gasteiger partial charge in [-0.1, -0.05) is 24.6 Å². The average Bonchev–Trinajstić information content (AvgIpc) is 2.17. The summed E-state index contributed by atoms with van der Waals surface area (Å²) in [6.07, 6.45) is 3.82. The van der Waals surface area contributed by atoms with E-state index in [2.05, 4.69) is 24.4 Å². The lowest BCUT2D eigenvalue weighted by Gasteiger charge is -2.34. The van der Waals surface area contributed by atoms with Crippen LogP contribution in [0.1, 0.15) is 24.8 Å². The van der Waals surface area contributed by atoms with Crippen molar-refractivity contribution in [2.24, 2.45) is 5.92 Å². The molecule has 0 radical (unpaired) electrons. The zero-order valence-corrected chi connectivity index (χ0v) is 9.24. The summed E-state index contributed by atoms with van der Waals surface area (Å²) < 4.78 is 0. The Morgan fingerprint density at radius 1 is 1.40 bits per heavy atom. The van der Waals surface area contributed by atoms with Crippen LogP contribution >= 0.6 is 0 Å². The first-order valence-corrected chi connectivity index (χ1v) is 5.74. The number of aryl methyl sites for hydroxylation is 1. The van der Waals surface area contributed by atoms with Crippen molar-refractivity contribution in [1.82, 2.24) is 0 Å². The molecule has 82 valence electrons. The highest BCUT2D eigenvalue weighted by atomic mass is 16.3. The van der Waals surface area contributed by atoms with E-state index < -0.39 is 0 Å². The van der Waals surface area contributed by atoms with Gasteiger partial charge in [0, 0.05) is 5.69 Å². The first-order chi connectivity index (χ1) is 7.31. The fourth-order valence-corrected chi connectivity index (χ4v) is 2.09. The summed E-state index contributed by atoms with van der Waals surface area (Å²) >= 11 is 0. The molecule has 2 N–H and O–H groups in total. The van der Waals surface area contributed by atoms with Crippen LogP contribution < -0.4 is 5.32 Å². The third-order valence-corrected chi connectivity index (χ3v) is 3.40. The number of hydrogen-bond acceptors (Lipinski definition) is 2. The number of aliphatic hydroxyl groups excluding tert-OH is 1. The molecule has 0 bridgehead atoms. The Hall–Kier alpha value is -1.02. The SMILES string of the molecule is Cc1ccccc1NC(CO)C1CCC1. The van der Waals surface area contributed by atoms with E-state index in [1.54, 1.807) is 0 Å². The van der Waals surface area contributed by atoms with Gasteiger partial charge in [0.15, 0.2) is 0 Å². The van der Waals surface area contributed by atoms with E-state index in [1.807, 2.05) is 12.1 Å². The molecule has 0 saturated heterocycles. The van der Waals surface area contributed by atoms with Crippen LogP contribution in [-0.4, -0.2) is 17.8 Å². The van der Waals surface area contributed by atoms with Crippen molar-refractivity contribution in [3.8, 4) is 0 Å². The van der Waals surface area contributed by atoms with Gasteiger partial charge in [0.1, 0.15) is 0 Å². The van der Waals surface area contributed by atoms with Gasteiger partial charge in [0.25, 0.3) is 0 Å². The van der Waals surface area contributed by atoms with Gasteiger partial charge < -0.3 is 10.4 Å². The highest BCUT2D eigenvalue weighted by Gasteiger charge is 2.26. The molecule has 1 aromatic rings. The van der Waals surface area contributed by atoms with Gasteiger partial charge in [-0.2, -0.15) is 0 Å². The Balaban J connectivity index is 2.02. The van der Waals surface area contributed by atoms with Crippen LogP contribution in [0.5, 0.6) is 0 Å². The number of rotatable bonds is 4. The highest BCUT2D eigenvalue weighted by Crippen LogP contribution is 2.31. The molecular formula is C13H19NO. The molecule has 0 heterocycles. The summed E-state index contributed by atoms with van der Waals surface area (Å²) in [7, 11) is 0. The molecule has 15 heavy (non-hydrogen) atoms. The second kappa shape index (κ2) is 4.67. The first kappa shape index (κ1) is 10.5. The molecular weight excluding hydrogens is 186 g/mol. The predicted octanol–water partition coefficient (Wildman–Crippen LogP) is 2.57. The Bertz CT molecular complexity index is 320. The van der Waals surface area contributed by atoms with Crippen molar-refractivity contribution in [2.75, 3.05) is 11.9 Å². The lowest BCUT2D eigenvalue weighted by molar-refractivity contribution is 0.187. The normalized spacial score (nSPS) is 18.3. The zero-order chi connectivity index (χ0) is 10.7. The molecule has 1 aliphatic carbocycles. The van der Waals surface area contributed by atoms with E-state index in [1.165, 1.54) is 24.8 Å². The quantitative estimate of drug-likeness (QED) is 0.791. The summed E-state index contributed by atoms with van der Waals surface area (Å²) in [5.41, 5.74) is 2.40. The van der Waals surface area contributed by atoms with Crippen LogP contribution in [-0.2, 0) is 0 Å². The summed E-state index contributed by atoms with van der Waals surface area (Å²) in [6.45, 7) is 2.33. The van der Waals surface area contributed by atoms with Crippen molar-refractivity contribution in [2.45, 2.75) is 32.2 Å². The first-order valence-electron chi connectivity index (χ1n) is 5.74. The van der Waals surface area contributed by atoms with Crippen molar-refractivity contribution in [3.05, 3.63) is 29.8 Å². The fraction of sp³-hybridized carbons (Fsp3) is 0.538. The summed E-state index contributed by atoms with van der Waals surface area (Å²) in [4.78, 5) is 0. The zero-order valence-electron chi connectivity index (χ0n) is 9.24. The molecule has 0 aliphatic heterocycles. The third-order valence-electron chi connectivity index (χ3n) is 3.40. The van der Waals surface area contributed by atoms with E-state index in [9.17, 15) is 5.11 Å². The fourth-order valence-electron chi connectivity index (χ4n) is 2.09. The Morgan fingerprint density at radius 2 is 2.13 bits per heavy atom. The summed E-state index contributed by atoms with van der Waals surface area (Å²) in [5.74, 6) is 0.662. The number of benzene rings is 1. The Kier molecular flexibility index (Phi) is 3.27. The van der Waals surface area contributed by atoms with Gasteiger partial charge in [0.2, 0.25) is 0 Å². The number of anilines is 1. The van der Waals surface area contributed by atoms with Gasteiger partial charge in [-0.15, -0.1) is 0 Å². The van der Waals surface area contributed by atoms with Crippen LogP contribution in [0.15, 0.2) is 24.3 Å². The van der Waals surface area contributed by atoms with Crippen molar-refractivity contribution < 1.29 is 5.11 Å². The molecule has 0 spiro atoms. The molecule has 1 fully saturated rings. The lowest BCUT2D eigenvalue weighted by atomic mass is 9.80. The van der Waals surface area contributed by atoms with Gasteiger partial charge in [0.05, 0.1) is 12.6 Å². The minimum absolute atomic E-state index is 0.235. The Morgan fingerprint density at radius 3 is 2.67 bits per heavy atom. The van der Waals surface area contributed by atoms with Gasteiger partial charge >= 0.3 is 0 Å². The molecule has 0 amide bonds. The van der Waals surface area contributed by atoms with E-state index in [0.717, 1.165) is 5.69 Å². The average molecular weight is 205 g/mol. The van der Waals surface area contributed by atoms with E-state index >= 15 is 0 Å². The lowest BCUT2D eigenvalue weighted by Crippen LogP contribution is -2.36. The second-order valence-electron chi connectivity index (χ2n) is 4.44. The monoisotopic (exact) mass is 205 g/mol.